The van der Waals surface area contributed by atoms with Crippen molar-refractivity contribution in [2.75, 3.05) is 4.72 Å². The van der Waals surface area contributed by atoms with E-state index in [1.807, 2.05) is 6.07 Å². The highest BCUT2D eigenvalue weighted by Crippen LogP contribution is 2.27. The molecule has 0 bridgehead atoms. The summed E-state index contributed by atoms with van der Waals surface area (Å²) in [6.45, 7) is 0. The number of nitrogens with one attached hydrogen (secondary N) is 1. The molecule has 1 aromatic heterocycles. The smallest absolute Gasteiger partial charge is 0.264 e. The van der Waals surface area contributed by atoms with E-state index in [-0.39, 0.29) is 21.3 Å². The third-order valence-electron chi connectivity index (χ3n) is 2.36. The molecule has 0 fully saturated rings. The summed E-state index contributed by atoms with van der Waals surface area (Å²) in [5, 5.41) is 12.9. The number of aromatic nitrogens is 2. The zero-order chi connectivity index (χ0) is 14.9. The molecule has 0 spiro atoms. The number of halogens is 2. The van der Waals surface area contributed by atoms with Gasteiger partial charge in [0.25, 0.3) is 10.0 Å². The first-order valence-corrected chi connectivity index (χ1v) is 7.90. The fraction of sp³-hybridized carbons (Fsp3) is 0.0909. The van der Waals surface area contributed by atoms with Gasteiger partial charge in [-0.1, -0.05) is 27.5 Å². The maximum absolute atomic E-state index is 12.2. The number of nitriles is 1. The van der Waals surface area contributed by atoms with Crippen molar-refractivity contribution in [3.05, 3.63) is 39.5 Å². The largest absolute Gasteiger partial charge is 0.272 e. The molecule has 0 radical (unpaired) electrons. The Kier molecular flexibility index (Phi) is 4.04. The van der Waals surface area contributed by atoms with E-state index in [2.05, 4.69) is 25.8 Å². The minimum atomic E-state index is -3.91. The van der Waals surface area contributed by atoms with Crippen LogP contribution in [0.1, 0.15) is 5.56 Å². The van der Waals surface area contributed by atoms with E-state index in [0.717, 1.165) is 0 Å². The standard InChI is InChI=1S/C11H8BrClN4O2S/c1-17-6-7(5-14)11(15-17)16-20(18,19)10-3-2-8(12)4-9(10)13/h2-4,6H,1H3,(H,15,16). The molecular weight excluding hydrogens is 368 g/mol. The van der Waals surface area contributed by atoms with Crippen LogP contribution in [0.2, 0.25) is 5.02 Å². The maximum atomic E-state index is 12.2. The van der Waals surface area contributed by atoms with E-state index in [1.165, 1.54) is 23.0 Å². The van der Waals surface area contributed by atoms with E-state index in [9.17, 15) is 8.42 Å². The molecule has 0 aliphatic rings. The second-order valence-electron chi connectivity index (χ2n) is 3.86. The van der Waals surface area contributed by atoms with Gasteiger partial charge in [-0.05, 0) is 18.2 Å². The molecule has 1 heterocycles. The first kappa shape index (κ1) is 14.8. The van der Waals surface area contributed by atoms with E-state index < -0.39 is 10.0 Å². The van der Waals surface area contributed by atoms with Gasteiger partial charge >= 0.3 is 0 Å². The van der Waals surface area contributed by atoms with Gasteiger partial charge in [-0.2, -0.15) is 10.4 Å². The van der Waals surface area contributed by atoms with Crippen molar-refractivity contribution in [2.45, 2.75) is 4.90 Å². The van der Waals surface area contributed by atoms with Crippen LogP contribution in [0.4, 0.5) is 5.82 Å². The summed E-state index contributed by atoms with van der Waals surface area (Å²) in [5.41, 5.74) is 0.129. The van der Waals surface area contributed by atoms with E-state index in [0.29, 0.717) is 4.47 Å². The average Bonchev–Trinajstić information content (AvgIpc) is 2.67. The van der Waals surface area contributed by atoms with Gasteiger partial charge in [0.2, 0.25) is 0 Å². The normalized spacial score (nSPS) is 11.1. The number of hydrogen-bond acceptors (Lipinski definition) is 4. The molecule has 2 aromatic rings. The summed E-state index contributed by atoms with van der Waals surface area (Å²) in [6.07, 6.45) is 1.42. The summed E-state index contributed by atoms with van der Waals surface area (Å²) < 4.78 is 28.7. The fourth-order valence-electron chi connectivity index (χ4n) is 1.52. The van der Waals surface area contributed by atoms with Gasteiger partial charge in [-0.15, -0.1) is 0 Å². The van der Waals surface area contributed by atoms with Crippen LogP contribution >= 0.6 is 27.5 Å². The molecule has 20 heavy (non-hydrogen) atoms. The third kappa shape index (κ3) is 2.95. The summed E-state index contributed by atoms with van der Waals surface area (Å²) >= 11 is 9.12. The van der Waals surface area contributed by atoms with E-state index >= 15 is 0 Å². The molecule has 1 aromatic carbocycles. The van der Waals surface area contributed by atoms with E-state index in [1.54, 1.807) is 13.1 Å². The van der Waals surface area contributed by atoms with Crippen LogP contribution in [-0.2, 0) is 17.1 Å². The zero-order valence-corrected chi connectivity index (χ0v) is 13.3. The molecule has 0 aliphatic heterocycles. The Morgan fingerprint density at radius 3 is 2.80 bits per heavy atom. The number of nitrogens with zero attached hydrogens (tertiary/aromatic N) is 3. The van der Waals surface area contributed by atoms with Crippen molar-refractivity contribution in [2.24, 2.45) is 7.05 Å². The molecule has 1 N–H and O–H groups in total. The maximum Gasteiger partial charge on any atom is 0.264 e. The predicted octanol–water partition coefficient (Wildman–Crippen LogP) is 2.51. The highest BCUT2D eigenvalue weighted by molar-refractivity contribution is 9.10. The number of sulfonamides is 1. The molecule has 0 aliphatic carbocycles. The summed E-state index contributed by atoms with van der Waals surface area (Å²) in [4.78, 5) is -0.0862. The van der Waals surface area contributed by atoms with Crippen LogP contribution in [0.3, 0.4) is 0 Å². The Labute approximate surface area is 129 Å². The van der Waals surface area contributed by atoms with Crippen molar-refractivity contribution in [3.63, 3.8) is 0 Å². The minimum absolute atomic E-state index is 0.0333. The van der Waals surface area contributed by atoms with Crippen LogP contribution in [0.25, 0.3) is 0 Å². The third-order valence-corrected chi connectivity index (χ3v) is 4.68. The Balaban J connectivity index is 2.44. The number of hydrogen-bond donors (Lipinski definition) is 1. The SMILES string of the molecule is Cn1cc(C#N)c(NS(=O)(=O)c2ccc(Br)cc2Cl)n1. The van der Waals surface area contributed by atoms with Crippen LogP contribution in [0.15, 0.2) is 33.8 Å². The van der Waals surface area contributed by atoms with Gasteiger partial charge in [0.1, 0.15) is 16.5 Å². The number of anilines is 1. The van der Waals surface area contributed by atoms with Gasteiger partial charge in [-0.25, -0.2) is 8.42 Å². The van der Waals surface area contributed by atoms with Gasteiger partial charge in [0.05, 0.1) is 5.02 Å². The average molecular weight is 376 g/mol. The van der Waals surface area contributed by atoms with Gasteiger partial charge in [0, 0.05) is 17.7 Å². The molecule has 2 rings (SSSR count). The molecule has 0 amide bonds. The predicted molar refractivity (Wildman–Crippen MR) is 77.9 cm³/mol. The molecule has 9 heteroatoms. The lowest BCUT2D eigenvalue weighted by atomic mass is 10.4. The highest BCUT2D eigenvalue weighted by atomic mass is 79.9. The minimum Gasteiger partial charge on any atom is -0.272 e. The first-order chi connectivity index (χ1) is 9.33. The molecule has 0 atom stereocenters. The number of aryl methyl sites for hydroxylation is 1. The summed E-state index contributed by atoms with van der Waals surface area (Å²) in [5.74, 6) is -0.0333. The van der Waals surface area contributed by atoms with Crippen molar-refractivity contribution in [1.82, 2.24) is 9.78 Å². The van der Waals surface area contributed by atoms with Gasteiger partial charge in [-0.3, -0.25) is 9.40 Å². The highest BCUT2D eigenvalue weighted by Gasteiger charge is 2.21. The molecule has 104 valence electrons. The molecule has 6 nitrogen and oxygen atoms in total. The lowest BCUT2D eigenvalue weighted by Crippen LogP contribution is -2.14. The quantitative estimate of drug-likeness (QED) is 0.893. The Morgan fingerprint density at radius 2 is 2.20 bits per heavy atom. The molecule has 0 saturated heterocycles. The fourth-order valence-corrected chi connectivity index (χ4v) is 3.58. The van der Waals surface area contributed by atoms with Crippen LogP contribution in [0.5, 0.6) is 0 Å². The van der Waals surface area contributed by atoms with Crippen molar-refractivity contribution in [3.8, 4) is 6.07 Å². The second-order valence-corrected chi connectivity index (χ2v) is 6.83. The summed E-state index contributed by atoms with van der Waals surface area (Å²) in [6, 6.07) is 6.26. The molecular formula is C11H8BrClN4O2S. The topological polar surface area (TPSA) is 87.8 Å². The Morgan fingerprint density at radius 1 is 1.50 bits per heavy atom. The zero-order valence-electron chi connectivity index (χ0n) is 10.1. The van der Waals surface area contributed by atoms with Crippen LogP contribution < -0.4 is 4.72 Å². The van der Waals surface area contributed by atoms with Gasteiger partial charge in [0.15, 0.2) is 5.82 Å². The second kappa shape index (κ2) is 5.44. The van der Waals surface area contributed by atoms with Crippen LogP contribution in [-0.4, -0.2) is 18.2 Å². The Bertz CT molecular complexity index is 810. The first-order valence-electron chi connectivity index (χ1n) is 5.25. The van der Waals surface area contributed by atoms with Crippen molar-refractivity contribution >= 4 is 43.4 Å². The van der Waals surface area contributed by atoms with Crippen LogP contribution in [0, 0.1) is 11.3 Å². The Hall–Kier alpha value is -1.56. The number of benzene rings is 1. The lowest BCUT2D eigenvalue weighted by Gasteiger charge is -2.07. The monoisotopic (exact) mass is 374 g/mol. The molecule has 0 unspecified atom stereocenters. The lowest BCUT2D eigenvalue weighted by molar-refractivity contribution is 0.601. The molecule has 0 saturated carbocycles. The summed E-state index contributed by atoms with van der Waals surface area (Å²) in [7, 11) is -2.32. The van der Waals surface area contributed by atoms with Crippen molar-refractivity contribution < 1.29 is 8.42 Å². The van der Waals surface area contributed by atoms with E-state index in [4.69, 9.17) is 16.9 Å². The number of rotatable bonds is 3. The van der Waals surface area contributed by atoms with Crippen molar-refractivity contribution in [1.29, 1.82) is 5.26 Å². The van der Waals surface area contributed by atoms with Gasteiger partial charge < -0.3 is 0 Å².